The monoisotopic (exact) mass is 203 g/mol. The highest BCUT2D eigenvalue weighted by Crippen LogP contribution is 2.25. The number of furan rings is 1. The van der Waals surface area contributed by atoms with E-state index in [1.807, 2.05) is 49.5 Å². The van der Waals surface area contributed by atoms with E-state index in [1.165, 1.54) is 0 Å². The lowest BCUT2D eigenvalue weighted by Gasteiger charge is -2.00. The molecule has 0 atom stereocenters. The molecular weight excluding hydrogens is 190 g/mol. The van der Waals surface area contributed by atoms with Gasteiger partial charge in [-0.05, 0) is 13.1 Å². The molecule has 0 unspecified atom stereocenters. The first kappa shape index (κ1) is 9.80. The van der Waals surface area contributed by atoms with Crippen LogP contribution in [0.4, 0.5) is 0 Å². The maximum Gasteiger partial charge on any atom is 0.286 e. The highest BCUT2D eigenvalue weighted by atomic mass is 16.6. The zero-order valence-corrected chi connectivity index (χ0v) is 8.57. The minimum atomic E-state index is 0.446. The Labute approximate surface area is 88.7 Å². The Morgan fingerprint density at radius 1 is 1.13 bits per heavy atom. The van der Waals surface area contributed by atoms with Gasteiger partial charge in [0.1, 0.15) is 12.5 Å². The van der Waals surface area contributed by atoms with E-state index < -0.39 is 0 Å². The molecule has 3 heteroatoms. The van der Waals surface area contributed by atoms with Gasteiger partial charge in [0, 0.05) is 11.6 Å². The van der Waals surface area contributed by atoms with E-state index in [2.05, 4.69) is 5.32 Å². The van der Waals surface area contributed by atoms with Crippen LogP contribution in [0.25, 0.3) is 11.3 Å². The van der Waals surface area contributed by atoms with Crippen LogP contribution in [0.3, 0.4) is 0 Å². The Hall–Kier alpha value is -1.74. The van der Waals surface area contributed by atoms with Crippen molar-refractivity contribution in [1.29, 1.82) is 0 Å². The summed E-state index contributed by atoms with van der Waals surface area (Å²) in [5.41, 5.74) is 1.05. The zero-order valence-electron chi connectivity index (χ0n) is 8.57. The van der Waals surface area contributed by atoms with Gasteiger partial charge < -0.3 is 9.15 Å². The third-order valence-corrected chi connectivity index (χ3v) is 2.00. The molecule has 1 heterocycles. The molecule has 0 bridgehead atoms. The van der Waals surface area contributed by atoms with Gasteiger partial charge in [0.15, 0.2) is 0 Å². The second-order valence-electron chi connectivity index (χ2n) is 3.13. The Morgan fingerprint density at radius 3 is 2.67 bits per heavy atom. The number of nitrogens with one attached hydrogen (secondary N) is 1. The van der Waals surface area contributed by atoms with Gasteiger partial charge in [0.25, 0.3) is 5.95 Å². The van der Waals surface area contributed by atoms with Crippen LogP contribution in [0.1, 0.15) is 0 Å². The summed E-state index contributed by atoms with van der Waals surface area (Å²) >= 11 is 0. The maximum absolute atomic E-state index is 5.51. The molecule has 1 N–H and O–H groups in total. The maximum atomic E-state index is 5.51. The lowest BCUT2D eigenvalue weighted by atomic mass is 10.2. The molecular formula is C12H13NO2. The summed E-state index contributed by atoms with van der Waals surface area (Å²) in [7, 11) is 1.82. The molecule has 0 fully saturated rings. The summed E-state index contributed by atoms with van der Waals surface area (Å²) in [6, 6.07) is 13.7. The molecule has 3 nitrogen and oxygen atoms in total. The summed E-state index contributed by atoms with van der Waals surface area (Å²) in [5, 5.41) is 2.88. The topological polar surface area (TPSA) is 34.4 Å². The molecule has 0 aliphatic rings. The summed E-state index contributed by atoms with van der Waals surface area (Å²) in [6.45, 7) is 0.446. The van der Waals surface area contributed by atoms with Crippen LogP contribution in [0.2, 0.25) is 0 Å². The molecule has 0 amide bonds. The molecule has 0 aliphatic heterocycles. The zero-order chi connectivity index (χ0) is 10.5. The summed E-state index contributed by atoms with van der Waals surface area (Å²) in [6.07, 6.45) is 0. The van der Waals surface area contributed by atoms with Crippen LogP contribution >= 0.6 is 0 Å². The Bertz CT molecular complexity index is 409. The van der Waals surface area contributed by atoms with Crippen LogP contribution in [0.5, 0.6) is 5.95 Å². The van der Waals surface area contributed by atoms with Crippen LogP contribution < -0.4 is 10.1 Å². The molecule has 0 spiro atoms. The van der Waals surface area contributed by atoms with Crippen LogP contribution in [0, 0.1) is 0 Å². The number of ether oxygens (including phenoxy) is 1. The van der Waals surface area contributed by atoms with E-state index in [-0.39, 0.29) is 0 Å². The van der Waals surface area contributed by atoms with Crippen molar-refractivity contribution in [2.24, 2.45) is 0 Å². The molecule has 78 valence electrons. The molecule has 15 heavy (non-hydrogen) atoms. The second-order valence-corrected chi connectivity index (χ2v) is 3.13. The largest absolute Gasteiger partial charge is 0.449 e. The highest BCUT2D eigenvalue weighted by molar-refractivity contribution is 5.57. The number of hydrogen-bond acceptors (Lipinski definition) is 3. The SMILES string of the molecule is CNCOc1ccc(-c2ccccc2)o1. The fourth-order valence-corrected chi connectivity index (χ4v) is 1.30. The van der Waals surface area contributed by atoms with E-state index >= 15 is 0 Å². The predicted octanol–water partition coefficient (Wildman–Crippen LogP) is 2.50. The molecule has 0 radical (unpaired) electrons. The van der Waals surface area contributed by atoms with Crippen molar-refractivity contribution in [1.82, 2.24) is 5.32 Å². The second kappa shape index (κ2) is 4.66. The van der Waals surface area contributed by atoms with Crippen LogP contribution in [0.15, 0.2) is 46.9 Å². The lowest BCUT2D eigenvalue weighted by Crippen LogP contribution is -2.13. The van der Waals surface area contributed by atoms with E-state index in [9.17, 15) is 0 Å². The van der Waals surface area contributed by atoms with Crippen molar-refractivity contribution in [3.05, 3.63) is 42.5 Å². The Balaban J connectivity index is 2.14. The first-order valence-corrected chi connectivity index (χ1v) is 4.83. The summed E-state index contributed by atoms with van der Waals surface area (Å²) in [5.74, 6) is 1.35. The summed E-state index contributed by atoms with van der Waals surface area (Å²) < 4.78 is 10.8. The van der Waals surface area contributed by atoms with Crippen molar-refractivity contribution in [3.63, 3.8) is 0 Å². The fourth-order valence-electron chi connectivity index (χ4n) is 1.30. The van der Waals surface area contributed by atoms with Gasteiger partial charge in [-0.25, -0.2) is 0 Å². The van der Waals surface area contributed by atoms with E-state index in [4.69, 9.17) is 9.15 Å². The first-order chi connectivity index (χ1) is 7.40. The highest BCUT2D eigenvalue weighted by Gasteiger charge is 2.03. The molecule has 1 aromatic heterocycles. The molecule has 1 aromatic carbocycles. The van der Waals surface area contributed by atoms with Crippen molar-refractivity contribution in [2.45, 2.75) is 0 Å². The molecule has 0 aliphatic carbocycles. The van der Waals surface area contributed by atoms with Gasteiger partial charge in [-0.15, -0.1) is 0 Å². The van der Waals surface area contributed by atoms with Crippen molar-refractivity contribution in [3.8, 4) is 17.3 Å². The average molecular weight is 203 g/mol. The fraction of sp³-hybridized carbons (Fsp3) is 0.167. The number of hydrogen-bond donors (Lipinski definition) is 1. The lowest BCUT2D eigenvalue weighted by molar-refractivity contribution is 0.231. The normalized spacial score (nSPS) is 10.2. The van der Waals surface area contributed by atoms with Gasteiger partial charge in [0.2, 0.25) is 0 Å². The van der Waals surface area contributed by atoms with Crippen LogP contribution in [-0.2, 0) is 0 Å². The van der Waals surface area contributed by atoms with Crippen LogP contribution in [-0.4, -0.2) is 13.8 Å². The van der Waals surface area contributed by atoms with E-state index in [1.54, 1.807) is 0 Å². The van der Waals surface area contributed by atoms with Gasteiger partial charge >= 0.3 is 0 Å². The van der Waals surface area contributed by atoms with Gasteiger partial charge in [-0.2, -0.15) is 0 Å². The standard InChI is InChI=1S/C12H13NO2/c1-13-9-14-12-8-7-11(15-12)10-5-3-2-4-6-10/h2-8,13H,9H2,1H3. The van der Waals surface area contributed by atoms with Crippen molar-refractivity contribution in [2.75, 3.05) is 13.8 Å². The van der Waals surface area contributed by atoms with E-state index in [0.717, 1.165) is 11.3 Å². The predicted molar refractivity (Wildman–Crippen MR) is 58.7 cm³/mol. The quantitative estimate of drug-likeness (QED) is 0.775. The van der Waals surface area contributed by atoms with Gasteiger partial charge in [-0.3, -0.25) is 5.32 Å². The molecule has 0 saturated carbocycles. The smallest absolute Gasteiger partial charge is 0.286 e. The average Bonchev–Trinajstić information content (AvgIpc) is 2.76. The first-order valence-electron chi connectivity index (χ1n) is 4.83. The Morgan fingerprint density at radius 2 is 1.93 bits per heavy atom. The Kier molecular flexibility index (Phi) is 3.05. The minimum Gasteiger partial charge on any atom is -0.449 e. The third-order valence-electron chi connectivity index (χ3n) is 2.00. The third kappa shape index (κ3) is 2.39. The molecule has 2 aromatic rings. The van der Waals surface area contributed by atoms with Gasteiger partial charge in [-0.1, -0.05) is 30.3 Å². The van der Waals surface area contributed by atoms with Gasteiger partial charge in [0.05, 0.1) is 0 Å². The minimum absolute atomic E-state index is 0.446. The number of benzene rings is 1. The molecule has 0 saturated heterocycles. The molecule has 2 rings (SSSR count). The van der Waals surface area contributed by atoms with Crippen molar-refractivity contribution < 1.29 is 9.15 Å². The number of rotatable bonds is 4. The van der Waals surface area contributed by atoms with Crippen molar-refractivity contribution >= 4 is 0 Å². The van der Waals surface area contributed by atoms with E-state index in [0.29, 0.717) is 12.7 Å². The summed E-state index contributed by atoms with van der Waals surface area (Å²) in [4.78, 5) is 0.